The molecule has 2 fully saturated rings. The van der Waals surface area contributed by atoms with Crippen LogP contribution in [0, 0.1) is 0 Å². The highest BCUT2D eigenvalue weighted by Gasteiger charge is 2.29. The lowest BCUT2D eigenvalue weighted by Crippen LogP contribution is -2.35. The lowest BCUT2D eigenvalue weighted by Gasteiger charge is -2.23. The summed E-state index contributed by atoms with van der Waals surface area (Å²) >= 11 is 0. The van der Waals surface area contributed by atoms with E-state index in [2.05, 4.69) is 39.2 Å². The van der Waals surface area contributed by atoms with Crippen LogP contribution >= 0.6 is 0 Å². The molecule has 0 aromatic carbocycles. The maximum Gasteiger partial charge on any atom is 0.0564 e. The van der Waals surface area contributed by atoms with Crippen LogP contribution in [-0.4, -0.2) is 53.5 Å². The Morgan fingerprint density at radius 1 is 1.29 bits per heavy atom. The van der Waals surface area contributed by atoms with Gasteiger partial charge in [0.25, 0.3) is 0 Å². The molecule has 0 saturated carbocycles. The van der Waals surface area contributed by atoms with Crippen LogP contribution in [0.4, 0.5) is 5.69 Å². The first-order chi connectivity index (χ1) is 10.3. The van der Waals surface area contributed by atoms with E-state index in [0.717, 1.165) is 25.6 Å². The molecule has 1 unspecified atom stereocenters. The summed E-state index contributed by atoms with van der Waals surface area (Å²) in [6.45, 7) is 9.28. The Labute approximate surface area is 128 Å². The van der Waals surface area contributed by atoms with Crippen LogP contribution in [-0.2, 0) is 6.54 Å². The van der Waals surface area contributed by atoms with Crippen molar-refractivity contribution in [1.29, 1.82) is 0 Å². The monoisotopic (exact) mass is 288 g/mol. The average Bonchev–Trinajstić information content (AvgIpc) is 3.16. The molecular weight excluding hydrogens is 260 g/mol. The molecule has 0 amide bonds. The number of aromatic nitrogens is 1. The molecule has 21 heavy (non-hydrogen) atoms. The van der Waals surface area contributed by atoms with Crippen molar-refractivity contribution in [3.8, 4) is 0 Å². The minimum Gasteiger partial charge on any atom is -0.385 e. The van der Waals surface area contributed by atoms with Crippen molar-refractivity contribution in [3.63, 3.8) is 0 Å². The molecule has 4 nitrogen and oxygen atoms in total. The fourth-order valence-corrected chi connectivity index (χ4v) is 3.53. The SMILES string of the molecule is CCCNc1ccnc(CN2CCC(N3CCCC3)C2)c1. The number of hydrogen-bond acceptors (Lipinski definition) is 4. The van der Waals surface area contributed by atoms with Crippen molar-refractivity contribution in [2.75, 3.05) is 38.0 Å². The van der Waals surface area contributed by atoms with E-state index in [-0.39, 0.29) is 0 Å². The fraction of sp³-hybridized carbons (Fsp3) is 0.706. The highest BCUT2D eigenvalue weighted by molar-refractivity contribution is 5.43. The number of rotatable bonds is 6. The molecule has 3 rings (SSSR count). The third-order valence-corrected chi connectivity index (χ3v) is 4.69. The molecule has 0 aliphatic carbocycles. The Balaban J connectivity index is 1.52. The largest absolute Gasteiger partial charge is 0.385 e. The number of nitrogens with zero attached hydrogens (tertiary/aromatic N) is 3. The van der Waals surface area contributed by atoms with Crippen LogP contribution in [0.25, 0.3) is 0 Å². The van der Waals surface area contributed by atoms with E-state index in [4.69, 9.17) is 0 Å². The van der Waals surface area contributed by atoms with Gasteiger partial charge in [0.05, 0.1) is 5.69 Å². The van der Waals surface area contributed by atoms with Gasteiger partial charge in [-0.1, -0.05) is 6.92 Å². The minimum absolute atomic E-state index is 0.786. The number of anilines is 1. The second-order valence-electron chi connectivity index (χ2n) is 6.38. The van der Waals surface area contributed by atoms with Crippen LogP contribution in [0.2, 0.25) is 0 Å². The van der Waals surface area contributed by atoms with E-state index in [9.17, 15) is 0 Å². The predicted octanol–water partition coefficient (Wildman–Crippen LogP) is 2.57. The molecule has 1 aromatic heterocycles. The molecule has 1 aromatic rings. The molecule has 0 bridgehead atoms. The number of pyridine rings is 1. The Morgan fingerprint density at radius 2 is 2.14 bits per heavy atom. The Morgan fingerprint density at radius 3 is 2.95 bits per heavy atom. The van der Waals surface area contributed by atoms with Crippen LogP contribution < -0.4 is 5.32 Å². The normalized spacial score (nSPS) is 23.8. The summed E-state index contributed by atoms with van der Waals surface area (Å²) < 4.78 is 0. The topological polar surface area (TPSA) is 31.4 Å². The molecule has 4 heteroatoms. The van der Waals surface area contributed by atoms with Gasteiger partial charge in [0.1, 0.15) is 0 Å². The molecule has 2 aliphatic heterocycles. The summed E-state index contributed by atoms with van der Waals surface area (Å²) in [6.07, 6.45) is 7.20. The molecule has 1 N–H and O–H groups in total. The van der Waals surface area contributed by atoms with Crippen molar-refractivity contribution < 1.29 is 0 Å². The number of hydrogen-bond donors (Lipinski definition) is 1. The maximum absolute atomic E-state index is 4.54. The molecule has 1 atom stereocenters. The average molecular weight is 288 g/mol. The van der Waals surface area contributed by atoms with Gasteiger partial charge in [0.2, 0.25) is 0 Å². The standard InChI is InChI=1S/C17H28N4/c1-2-7-18-15-5-8-19-16(12-15)13-20-11-6-17(14-20)21-9-3-4-10-21/h5,8,12,17H,2-4,6-7,9-11,13-14H2,1H3,(H,18,19). The lowest BCUT2D eigenvalue weighted by molar-refractivity contribution is 0.229. The molecule has 2 saturated heterocycles. The molecule has 116 valence electrons. The zero-order chi connectivity index (χ0) is 14.5. The van der Waals surface area contributed by atoms with Crippen molar-refractivity contribution in [2.45, 2.75) is 45.2 Å². The molecule has 0 radical (unpaired) electrons. The van der Waals surface area contributed by atoms with Gasteiger partial charge in [-0.05, 0) is 50.9 Å². The second kappa shape index (κ2) is 7.23. The highest BCUT2D eigenvalue weighted by atomic mass is 15.3. The summed E-state index contributed by atoms with van der Waals surface area (Å²) in [5.41, 5.74) is 2.40. The summed E-state index contributed by atoms with van der Waals surface area (Å²) in [7, 11) is 0. The zero-order valence-corrected chi connectivity index (χ0v) is 13.2. The van der Waals surface area contributed by atoms with E-state index in [1.807, 2.05) is 6.20 Å². The number of likely N-dealkylation sites (tertiary alicyclic amines) is 2. The smallest absolute Gasteiger partial charge is 0.0564 e. The van der Waals surface area contributed by atoms with Crippen molar-refractivity contribution in [1.82, 2.24) is 14.8 Å². The summed E-state index contributed by atoms with van der Waals surface area (Å²) in [4.78, 5) is 9.79. The highest BCUT2D eigenvalue weighted by Crippen LogP contribution is 2.21. The third kappa shape index (κ3) is 3.95. The predicted molar refractivity (Wildman–Crippen MR) is 87.5 cm³/mol. The lowest BCUT2D eigenvalue weighted by atomic mass is 10.2. The van der Waals surface area contributed by atoms with Crippen LogP contribution in [0.15, 0.2) is 18.3 Å². The van der Waals surface area contributed by atoms with Gasteiger partial charge in [-0.3, -0.25) is 14.8 Å². The van der Waals surface area contributed by atoms with Crippen LogP contribution in [0.5, 0.6) is 0 Å². The van der Waals surface area contributed by atoms with E-state index < -0.39 is 0 Å². The van der Waals surface area contributed by atoms with Gasteiger partial charge in [0.15, 0.2) is 0 Å². The van der Waals surface area contributed by atoms with E-state index in [0.29, 0.717) is 0 Å². The Kier molecular flexibility index (Phi) is 5.09. The van der Waals surface area contributed by atoms with Crippen molar-refractivity contribution >= 4 is 5.69 Å². The Hall–Kier alpha value is -1.13. The van der Waals surface area contributed by atoms with Gasteiger partial charge in [-0.15, -0.1) is 0 Å². The van der Waals surface area contributed by atoms with Crippen LogP contribution in [0.3, 0.4) is 0 Å². The summed E-state index contributed by atoms with van der Waals surface area (Å²) in [5.74, 6) is 0. The molecular formula is C17H28N4. The van der Waals surface area contributed by atoms with E-state index >= 15 is 0 Å². The van der Waals surface area contributed by atoms with Crippen molar-refractivity contribution in [2.24, 2.45) is 0 Å². The van der Waals surface area contributed by atoms with Gasteiger partial charge in [-0.2, -0.15) is 0 Å². The van der Waals surface area contributed by atoms with Crippen molar-refractivity contribution in [3.05, 3.63) is 24.0 Å². The first-order valence-corrected chi connectivity index (χ1v) is 8.50. The van der Waals surface area contributed by atoms with Gasteiger partial charge < -0.3 is 5.32 Å². The zero-order valence-electron chi connectivity index (χ0n) is 13.2. The van der Waals surface area contributed by atoms with Gasteiger partial charge >= 0.3 is 0 Å². The van der Waals surface area contributed by atoms with Crippen LogP contribution in [0.1, 0.15) is 38.3 Å². The molecule has 2 aliphatic rings. The first-order valence-electron chi connectivity index (χ1n) is 8.50. The number of nitrogens with one attached hydrogen (secondary N) is 1. The van der Waals surface area contributed by atoms with Gasteiger partial charge in [-0.25, -0.2) is 0 Å². The molecule has 3 heterocycles. The fourth-order valence-electron chi connectivity index (χ4n) is 3.53. The minimum atomic E-state index is 0.786. The molecule has 0 spiro atoms. The van der Waals surface area contributed by atoms with E-state index in [1.54, 1.807) is 0 Å². The first kappa shape index (κ1) is 14.8. The second-order valence-corrected chi connectivity index (χ2v) is 6.38. The van der Waals surface area contributed by atoms with Gasteiger partial charge in [0, 0.05) is 44.1 Å². The maximum atomic E-state index is 4.54. The quantitative estimate of drug-likeness (QED) is 0.872. The third-order valence-electron chi connectivity index (χ3n) is 4.69. The summed E-state index contributed by atoms with van der Waals surface area (Å²) in [6, 6.07) is 5.06. The summed E-state index contributed by atoms with van der Waals surface area (Å²) in [5, 5.41) is 3.45. The Bertz CT molecular complexity index is 442. The van der Waals surface area contributed by atoms with E-state index in [1.165, 1.54) is 56.8 Å².